The van der Waals surface area contributed by atoms with Crippen molar-refractivity contribution in [2.75, 3.05) is 0 Å². The lowest BCUT2D eigenvalue weighted by molar-refractivity contribution is 0.630. The number of benzene rings is 1. The van der Waals surface area contributed by atoms with Crippen molar-refractivity contribution in [2.24, 2.45) is 0 Å². The summed E-state index contributed by atoms with van der Waals surface area (Å²) in [5.74, 6) is -0.0303. The summed E-state index contributed by atoms with van der Waals surface area (Å²) in [6.07, 6.45) is 0. The van der Waals surface area contributed by atoms with Gasteiger partial charge in [0.15, 0.2) is 5.82 Å². The SMILES string of the molecule is Cc1cc(Cl)nc(-c2ccccc2F)n1. The van der Waals surface area contributed by atoms with Gasteiger partial charge in [-0.2, -0.15) is 0 Å². The van der Waals surface area contributed by atoms with Crippen molar-refractivity contribution in [3.8, 4) is 11.4 Å². The first kappa shape index (κ1) is 10.1. The number of aromatic nitrogens is 2. The van der Waals surface area contributed by atoms with Crippen LogP contribution in [0.5, 0.6) is 0 Å². The predicted octanol–water partition coefficient (Wildman–Crippen LogP) is 3.24. The minimum absolute atomic E-state index is 0.318. The van der Waals surface area contributed by atoms with Gasteiger partial charge < -0.3 is 0 Å². The summed E-state index contributed by atoms with van der Waals surface area (Å²) in [6, 6.07) is 7.98. The molecule has 0 saturated carbocycles. The van der Waals surface area contributed by atoms with Crippen LogP contribution in [0, 0.1) is 12.7 Å². The highest BCUT2D eigenvalue weighted by Crippen LogP contribution is 2.20. The molecule has 4 heteroatoms. The van der Waals surface area contributed by atoms with Crippen LogP contribution in [0.15, 0.2) is 30.3 Å². The maximum Gasteiger partial charge on any atom is 0.164 e. The van der Waals surface area contributed by atoms with Gasteiger partial charge in [-0.3, -0.25) is 0 Å². The summed E-state index contributed by atoms with van der Waals surface area (Å²) in [6.45, 7) is 1.79. The molecule has 2 aromatic rings. The molecule has 1 aromatic carbocycles. The molecule has 2 rings (SSSR count). The van der Waals surface area contributed by atoms with Crippen LogP contribution in [-0.4, -0.2) is 9.97 Å². The second kappa shape index (κ2) is 3.95. The largest absolute Gasteiger partial charge is 0.233 e. The van der Waals surface area contributed by atoms with Crippen LogP contribution in [-0.2, 0) is 0 Å². The van der Waals surface area contributed by atoms with Gasteiger partial charge in [-0.1, -0.05) is 23.7 Å². The average molecular weight is 223 g/mol. The van der Waals surface area contributed by atoms with Gasteiger partial charge in [0.05, 0.1) is 5.56 Å². The van der Waals surface area contributed by atoms with Gasteiger partial charge >= 0.3 is 0 Å². The molecule has 0 radical (unpaired) electrons. The molecule has 0 spiro atoms. The van der Waals surface area contributed by atoms with E-state index in [2.05, 4.69) is 9.97 Å². The van der Waals surface area contributed by atoms with Crippen molar-refractivity contribution >= 4 is 11.6 Å². The third-order valence-electron chi connectivity index (χ3n) is 1.94. The molecule has 0 fully saturated rings. The first-order valence-corrected chi connectivity index (χ1v) is 4.81. The maximum atomic E-state index is 13.4. The molecule has 0 saturated heterocycles. The lowest BCUT2D eigenvalue weighted by Gasteiger charge is -2.02. The highest BCUT2D eigenvalue weighted by Gasteiger charge is 2.08. The standard InChI is InChI=1S/C11H8ClFN2/c1-7-6-10(12)15-11(14-7)8-4-2-3-5-9(8)13/h2-6H,1H3. The van der Waals surface area contributed by atoms with E-state index in [1.807, 2.05) is 0 Å². The van der Waals surface area contributed by atoms with Crippen molar-refractivity contribution in [1.29, 1.82) is 0 Å². The van der Waals surface area contributed by atoms with E-state index in [1.54, 1.807) is 31.2 Å². The quantitative estimate of drug-likeness (QED) is 0.693. The number of halogens is 2. The highest BCUT2D eigenvalue weighted by atomic mass is 35.5. The maximum absolute atomic E-state index is 13.4. The van der Waals surface area contributed by atoms with Crippen LogP contribution < -0.4 is 0 Å². The Bertz CT molecular complexity index is 479. The molecule has 0 atom stereocenters. The van der Waals surface area contributed by atoms with E-state index >= 15 is 0 Å². The third-order valence-corrected chi connectivity index (χ3v) is 2.13. The van der Waals surface area contributed by atoms with Gasteiger partial charge in [-0.15, -0.1) is 0 Å². The summed E-state index contributed by atoms with van der Waals surface area (Å²) in [5.41, 5.74) is 1.08. The zero-order valence-electron chi connectivity index (χ0n) is 8.04. The van der Waals surface area contributed by atoms with Crippen molar-refractivity contribution in [3.05, 3.63) is 47.0 Å². The van der Waals surface area contributed by atoms with E-state index in [9.17, 15) is 4.39 Å². The fraction of sp³-hybridized carbons (Fsp3) is 0.0909. The summed E-state index contributed by atoms with van der Waals surface area (Å²) < 4.78 is 13.4. The van der Waals surface area contributed by atoms with Gasteiger partial charge in [0.2, 0.25) is 0 Å². The Hall–Kier alpha value is -1.48. The highest BCUT2D eigenvalue weighted by molar-refractivity contribution is 6.29. The second-order valence-electron chi connectivity index (χ2n) is 3.14. The van der Waals surface area contributed by atoms with Gasteiger partial charge in [0.25, 0.3) is 0 Å². The molecule has 1 heterocycles. The minimum atomic E-state index is -0.348. The van der Waals surface area contributed by atoms with E-state index < -0.39 is 0 Å². The van der Waals surface area contributed by atoms with Crippen molar-refractivity contribution in [2.45, 2.75) is 6.92 Å². The molecule has 0 N–H and O–H groups in total. The van der Waals surface area contributed by atoms with Crippen LogP contribution in [0.2, 0.25) is 5.15 Å². The third kappa shape index (κ3) is 2.13. The van der Waals surface area contributed by atoms with Gasteiger partial charge in [0, 0.05) is 5.69 Å². The molecule has 15 heavy (non-hydrogen) atoms. The Morgan fingerprint density at radius 3 is 2.60 bits per heavy atom. The van der Waals surface area contributed by atoms with Crippen LogP contribution in [0.1, 0.15) is 5.69 Å². The Balaban J connectivity index is 2.59. The van der Waals surface area contributed by atoms with E-state index in [0.29, 0.717) is 22.2 Å². The molecule has 2 nitrogen and oxygen atoms in total. The summed E-state index contributed by atoms with van der Waals surface area (Å²) in [4.78, 5) is 8.11. The van der Waals surface area contributed by atoms with E-state index in [-0.39, 0.29) is 5.82 Å². The molecule has 0 aliphatic carbocycles. The molecule has 0 aliphatic heterocycles. The van der Waals surface area contributed by atoms with Crippen LogP contribution in [0.3, 0.4) is 0 Å². The number of aryl methyl sites for hydroxylation is 1. The Morgan fingerprint density at radius 1 is 1.20 bits per heavy atom. The van der Waals surface area contributed by atoms with Crippen LogP contribution in [0.4, 0.5) is 4.39 Å². The van der Waals surface area contributed by atoms with Gasteiger partial charge in [0.1, 0.15) is 11.0 Å². The van der Waals surface area contributed by atoms with E-state index in [1.165, 1.54) is 6.07 Å². The number of rotatable bonds is 1. The zero-order chi connectivity index (χ0) is 10.8. The van der Waals surface area contributed by atoms with Gasteiger partial charge in [-0.05, 0) is 25.1 Å². The van der Waals surface area contributed by atoms with E-state index in [0.717, 1.165) is 0 Å². The van der Waals surface area contributed by atoms with Crippen LogP contribution >= 0.6 is 11.6 Å². The molecule has 0 amide bonds. The zero-order valence-corrected chi connectivity index (χ0v) is 8.79. The van der Waals surface area contributed by atoms with Crippen LogP contribution in [0.25, 0.3) is 11.4 Å². The normalized spacial score (nSPS) is 10.3. The topological polar surface area (TPSA) is 25.8 Å². The molecule has 0 bridgehead atoms. The Labute approximate surface area is 91.8 Å². The first-order valence-electron chi connectivity index (χ1n) is 4.43. The van der Waals surface area contributed by atoms with Crippen molar-refractivity contribution in [1.82, 2.24) is 9.97 Å². The fourth-order valence-corrected chi connectivity index (χ4v) is 1.53. The molecule has 0 unspecified atom stereocenters. The number of nitrogens with zero attached hydrogens (tertiary/aromatic N) is 2. The summed E-state index contributed by atoms with van der Waals surface area (Å²) >= 11 is 5.78. The lowest BCUT2D eigenvalue weighted by Crippen LogP contribution is -1.94. The lowest BCUT2D eigenvalue weighted by atomic mass is 10.2. The Morgan fingerprint density at radius 2 is 1.93 bits per heavy atom. The van der Waals surface area contributed by atoms with Crippen molar-refractivity contribution in [3.63, 3.8) is 0 Å². The molecular weight excluding hydrogens is 215 g/mol. The minimum Gasteiger partial charge on any atom is -0.233 e. The number of hydrogen-bond donors (Lipinski definition) is 0. The number of hydrogen-bond acceptors (Lipinski definition) is 2. The summed E-state index contributed by atoms with van der Waals surface area (Å²) in [5, 5.41) is 0.320. The first-order chi connectivity index (χ1) is 7.16. The van der Waals surface area contributed by atoms with E-state index in [4.69, 9.17) is 11.6 Å². The average Bonchev–Trinajstić information content (AvgIpc) is 2.16. The molecule has 76 valence electrons. The second-order valence-corrected chi connectivity index (χ2v) is 3.52. The molecule has 1 aromatic heterocycles. The smallest absolute Gasteiger partial charge is 0.164 e. The van der Waals surface area contributed by atoms with Gasteiger partial charge in [-0.25, -0.2) is 14.4 Å². The van der Waals surface area contributed by atoms with Crippen molar-refractivity contribution < 1.29 is 4.39 Å². The predicted molar refractivity (Wildman–Crippen MR) is 57.2 cm³/mol. The molecule has 0 aliphatic rings. The Kier molecular flexibility index (Phi) is 2.64. The fourth-order valence-electron chi connectivity index (χ4n) is 1.29. The summed E-state index contributed by atoms with van der Waals surface area (Å²) in [7, 11) is 0. The molecular formula is C11H8ClFN2. The monoisotopic (exact) mass is 222 g/mol.